The normalized spacial score (nSPS) is 30.4. The van der Waals surface area contributed by atoms with E-state index >= 15 is 0 Å². The van der Waals surface area contributed by atoms with Crippen LogP contribution in [0.25, 0.3) is 0 Å². The number of hydrogen-bond acceptors (Lipinski definition) is 2. The average Bonchev–Trinajstić information content (AvgIpc) is 2.27. The molecule has 108 valence electrons. The molecule has 0 aromatic rings. The van der Waals surface area contributed by atoms with Gasteiger partial charge in [0.1, 0.15) is 0 Å². The molecule has 3 nitrogen and oxygen atoms in total. The van der Waals surface area contributed by atoms with Crippen LogP contribution in [0.2, 0.25) is 0 Å². The standard InChI is InChI=1S/C11H20F3NO2S/c1-3-8-6-5-7-9(4-2)10(8)15-18(16,17)11(12,13)14/h8-10,15H,3-7H2,1-2H3. The topological polar surface area (TPSA) is 46.2 Å². The summed E-state index contributed by atoms with van der Waals surface area (Å²) in [6.07, 6.45) is 3.93. The Balaban J connectivity index is 2.89. The summed E-state index contributed by atoms with van der Waals surface area (Å²) in [5.74, 6) is 0.00153. The third-order valence-electron chi connectivity index (χ3n) is 3.81. The van der Waals surface area contributed by atoms with Crippen molar-refractivity contribution in [1.82, 2.24) is 4.72 Å². The van der Waals surface area contributed by atoms with Crippen LogP contribution in [0.3, 0.4) is 0 Å². The van der Waals surface area contributed by atoms with E-state index in [9.17, 15) is 21.6 Å². The monoisotopic (exact) mass is 287 g/mol. The van der Waals surface area contributed by atoms with E-state index in [0.717, 1.165) is 19.3 Å². The Morgan fingerprint density at radius 2 is 1.56 bits per heavy atom. The summed E-state index contributed by atoms with van der Waals surface area (Å²) in [5, 5.41) is 0. The lowest BCUT2D eigenvalue weighted by atomic mass is 9.75. The van der Waals surface area contributed by atoms with Gasteiger partial charge in [0, 0.05) is 6.04 Å². The van der Waals surface area contributed by atoms with Gasteiger partial charge in [-0.15, -0.1) is 0 Å². The molecular weight excluding hydrogens is 267 g/mol. The number of hydrogen-bond donors (Lipinski definition) is 1. The third-order valence-corrected chi connectivity index (χ3v) is 5.00. The van der Waals surface area contributed by atoms with E-state index in [4.69, 9.17) is 0 Å². The molecule has 1 saturated carbocycles. The largest absolute Gasteiger partial charge is 0.511 e. The summed E-state index contributed by atoms with van der Waals surface area (Å²) in [6, 6.07) is -0.583. The number of sulfonamides is 1. The van der Waals surface area contributed by atoms with Crippen molar-refractivity contribution in [2.45, 2.75) is 57.5 Å². The molecule has 2 unspecified atom stereocenters. The summed E-state index contributed by atoms with van der Waals surface area (Å²) in [4.78, 5) is 0. The van der Waals surface area contributed by atoms with Crippen LogP contribution in [-0.2, 0) is 10.0 Å². The Hall–Kier alpha value is -0.300. The molecule has 0 bridgehead atoms. The van der Waals surface area contributed by atoms with Crippen LogP contribution >= 0.6 is 0 Å². The fourth-order valence-corrected chi connectivity index (χ4v) is 3.62. The fraction of sp³-hybridized carbons (Fsp3) is 1.00. The lowest BCUT2D eigenvalue weighted by Gasteiger charge is -2.37. The van der Waals surface area contributed by atoms with E-state index < -0.39 is 21.6 Å². The molecule has 7 heteroatoms. The predicted octanol–water partition coefficient (Wildman–Crippen LogP) is 3.03. The first kappa shape index (κ1) is 15.8. The molecule has 1 aliphatic rings. The summed E-state index contributed by atoms with van der Waals surface area (Å²) in [6.45, 7) is 3.77. The van der Waals surface area contributed by atoms with Crippen LogP contribution < -0.4 is 4.72 Å². The Kier molecular flexibility index (Phi) is 5.05. The van der Waals surface area contributed by atoms with Gasteiger partial charge in [-0.2, -0.15) is 13.2 Å². The van der Waals surface area contributed by atoms with Crippen LogP contribution in [0, 0.1) is 11.8 Å². The van der Waals surface area contributed by atoms with Crippen molar-refractivity contribution in [3.8, 4) is 0 Å². The van der Waals surface area contributed by atoms with Crippen molar-refractivity contribution in [1.29, 1.82) is 0 Å². The third kappa shape index (κ3) is 3.38. The molecule has 1 N–H and O–H groups in total. The molecule has 0 amide bonds. The highest BCUT2D eigenvalue weighted by molar-refractivity contribution is 7.90. The minimum absolute atomic E-state index is 0.000764. The Bertz CT molecular complexity index is 355. The summed E-state index contributed by atoms with van der Waals surface area (Å²) in [7, 11) is -5.23. The van der Waals surface area contributed by atoms with Crippen molar-refractivity contribution >= 4 is 10.0 Å². The minimum atomic E-state index is -5.23. The Morgan fingerprint density at radius 1 is 1.11 bits per heavy atom. The van der Waals surface area contributed by atoms with Crippen molar-refractivity contribution in [3.63, 3.8) is 0 Å². The first-order valence-corrected chi connectivity index (χ1v) is 7.79. The van der Waals surface area contributed by atoms with Gasteiger partial charge >= 0.3 is 15.5 Å². The van der Waals surface area contributed by atoms with Gasteiger partial charge in [-0.3, -0.25) is 0 Å². The maximum atomic E-state index is 12.4. The minimum Gasteiger partial charge on any atom is -0.204 e. The zero-order valence-corrected chi connectivity index (χ0v) is 11.4. The van der Waals surface area contributed by atoms with E-state index in [0.29, 0.717) is 12.8 Å². The lowest BCUT2D eigenvalue weighted by molar-refractivity contribution is -0.0457. The molecule has 0 aromatic heterocycles. The second-order valence-corrected chi connectivity index (χ2v) is 6.57. The Morgan fingerprint density at radius 3 is 1.89 bits per heavy atom. The SMILES string of the molecule is CCC1CCCC(CC)C1NS(=O)(=O)C(F)(F)F. The van der Waals surface area contributed by atoms with Crippen molar-refractivity contribution in [3.05, 3.63) is 0 Å². The average molecular weight is 287 g/mol. The van der Waals surface area contributed by atoms with Gasteiger partial charge in [-0.05, 0) is 24.7 Å². The van der Waals surface area contributed by atoms with Crippen LogP contribution in [0.1, 0.15) is 46.0 Å². The smallest absolute Gasteiger partial charge is 0.204 e. The molecule has 2 atom stereocenters. The van der Waals surface area contributed by atoms with Gasteiger partial charge in [0.2, 0.25) is 0 Å². The number of rotatable bonds is 4. The zero-order valence-electron chi connectivity index (χ0n) is 10.6. The molecular formula is C11H20F3NO2S. The molecule has 1 aliphatic carbocycles. The highest BCUT2D eigenvalue weighted by Gasteiger charge is 2.48. The van der Waals surface area contributed by atoms with Crippen LogP contribution in [0.4, 0.5) is 13.2 Å². The molecule has 0 heterocycles. The van der Waals surface area contributed by atoms with Crippen molar-refractivity contribution in [2.75, 3.05) is 0 Å². The fourth-order valence-electron chi connectivity index (χ4n) is 2.74. The quantitative estimate of drug-likeness (QED) is 0.864. The Labute approximate surface area is 106 Å². The summed E-state index contributed by atoms with van der Waals surface area (Å²) in [5.41, 5.74) is -5.22. The van der Waals surface area contributed by atoms with Crippen LogP contribution in [0.5, 0.6) is 0 Å². The maximum Gasteiger partial charge on any atom is 0.511 e. The van der Waals surface area contributed by atoms with Gasteiger partial charge in [-0.1, -0.05) is 33.1 Å². The lowest BCUT2D eigenvalue weighted by Crippen LogP contribution is -2.50. The molecule has 1 rings (SSSR count). The molecule has 18 heavy (non-hydrogen) atoms. The first-order chi connectivity index (χ1) is 8.23. The van der Waals surface area contributed by atoms with Crippen molar-refractivity contribution < 1.29 is 21.6 Å². The molecule has 0 spiro atoms. The van der Waals surface area contributed by atoms with Gasteiger partial charge in [-0.25, -0.2) is 13.1 Å². The summed E-state index contributed by atoms with van der Waals surface area (Å²) >= 11 is 0. The van der Waals surface area contributed by atoms with E-state index in [-0.39, 0.29) is 11.8 Å². The molecule has 0 aromatic carbocycles. The zero-order chi connectivity index (χ0) is 14.0. The first-order valence-electron chi connectivity index (χ1n) is 6.31. The van der Waals surface area contributed by atoms with Gasteiger partial charge < -0.3 is 0 Å². The highest BCUT2D eigenvalue weighted by atomic mass is 32.2. The molecule has 1 fully saturated rings. The highest BCUT2D eigenvalue weighted by Crippen LogP contribution is 2.35. The van der Waals surface area contributed by atoms with E-state index in [1.807, 2.05) is 18.6 Å². The van der Waals surface area contributed by atoms with Gasteiger partial charge in [0.15, 0.2) is 0 Å². The van der Waals surface area contributed by atoms with E-state index in [1.165, 1.54) is 0 Å². The molecule has 0 saturated heterocycles. The summed E-state index contributed by atoms with van der Waals surface area (Å²) < 4.78 is 61.5. The second-order valence-electron chi connectivity index (χ2n) is 4.86. The molecule has 0 radical (unpaired) electrons. The van der Waals surface area contributed by atoms with Crippen LogP contribution in [-0.4, -0.2) is 20.0 Å². The van der Waals surface area contributed by atoms with E-state index in [1.54, 1.807) is 0 Å². The maximum absolute atomic E-state index is 12.4. The van der Waals surface area contributed by atoms with Gasteiger partial charge in [0.05, 0.1) is 0 Å². The predicted molar refractivity (Wildman–Crippen MR) is 63.3 cm³/mol. The van der Waals surface area contributed by atoms with Crippen LogP contribution in [0.15, 0.2) is 0 Å². The number of halogens is 3. The molecule has 0 aliphatic heterocycles. The van der Waals surface area contributed by atoms with Crippen molar-refractivity contribution in [2.24, 2.45) is 11.8 Å². The van der Waals surface area contributed by atoms with Gasteiger partial charge in [0.25, 0.3) is 0 Å². The second kappa shape index (κ2) is 5.77. The number of nitrogens with one attached hydrogen (secondary N) is 1. The van der Waals surface area contributed by atoms with E-state index in [2.05, 4.69) is 0 Å². The number of alkyl halides is 3.